The van der Waals surface area contributed by atoms with Crippen LogP contribution in [0.3, 0.4) is 0 Å². The highest BCUT2D eigenvalue weighted by Crippen LogP contribution is 2.37. The molecule has 0 aliphatic carbocycles. The van der Waals surface area contributed by atoms with E-state index in [-0.39, 0.29) is 0 Å². The summed E-state index contributed by atoms with van der Waals surface area (Å²) in [4.78, 5) is 0. The van der Waals surface area contributed by atoms with Crippen molar-refractivity contribution in [2.45, 2.75) is 19.6 Å². The van der Waals surface area contributed by atoms with Crippen molar-refractivity contribution in [2.75, 3.05) is 0 Å². The Morgan fingerprint density at radius 3 is 1.67 bits per heavy atom. The minimum Gasteiger partial charge on any atom is -0.0837 e. The van der Waals surface area contributed by atoms with Gasteiger partial charge in [-0.1, -0.05) is 113 Å². The van der Waals surface area contributed by atoms with Gasteiger partial charge in [-0.3, -0.25) is 0 Å². The predicted octanol–water partition coefficient (Wildman–Crippen LogP) is 8.65. The summed E-state index contributed by atoms with van der Waals surface area (Å²) in [7, 11) is -1.51. The fourth-order valence-electron chi connectivity index (χ4n) is 3.87. The van der Waals surface area contributed by atoms with Crippen LogP contribution in [0.15, 0.2) is 95.5 Å². The lowest BCUT2D eigenvalue weighted by Crippen LogP contribution is -2.38. The summed E-state index contributed by atoms with van der Waals surface area (Å²) < 4.78 is 1.09. The van der Waals surface area contributed by atoms with Crippen LogP contribution in [0.4, 0.5) is 0 Å². The Morgan fingerprint density at radius 1 is 0.600 bits per heavy atom. The summed E-state index contributed by atoms with van der Waals surface area (Å²) in [6, 6.07) is 32.1. The largest absolute Gasteiger partial charge is 0.0837 e. The molecule has 0 fully saturated rings. The lowest BCUT2D eigenvalue weighted by Gasteiger charge is -2.22. The van der Waals surface area contributed by atoms with Crippen molar-refractivity contribution in [1.82, 2.24) is 0 Å². The van der Waals surface area contributed by atoms with E-state index in [9.17, 15) is 0 Å². The van der Waals surface area contributed by atoms with E-state index >= 15 is 0 Å². The highest BCUT2D eigenvalue weighted by molar-refractivity contribution is 9.10. The minimum absolute atomic E-state index is 0.770. The lowest BCUT2D eigenvalue weighted by atomic mass is 9.93. The van der Waals surface area contributed by atoms with E-state index < -0.39 is 8.07 Å². The van der Waals surface area contributed by atoms with Crippen LogP contribution in [0.5, 0.6) is 0 Å². The highest BCUT2D eigenvalue weighted by atomic mass is 79.9. The van der Waals surface area contributed by atoms with E-state index in [0.717, 1.165) is 20.6 Å². The Hall–Kier alpha value is -2.13. The maximum absolute atomic E-state index is 6.59. The van der Waals surface area contributed by atoms with Crippen LogP contribution in [0.1, 0.15) is 0 Å². The summed E-state index contributed by atoms with van der Waals surface area (Å²) in [5, 5.41) is 2.24. The lowest BCUT2D eigenvalue weighted by molar-refractivity contribution is 1.55. The molecule has 3 heteroatoms. The van der Waals surface area contributed by atoms with Crippen LogP contribution >= 0.6 is 27.5 Å². The van der Waals surface area contributed by atoms with Gasteiger partial charge in [0.1, 0.15) is 0 Å². The van der Waals surface area contributed by atoms with Crippen molar-refractivity contribution in [1.29, 1.82) is 0 Å². The Kier molecular flexibility index (Phi) is 6.01. The fraction of sp³-hybridized carbons (Fsp3) is 0.111. The number of hydrogen-bond donors (Lipinski definition) is 0. The molecule has 0 amide bonds. The highest BCUT2D eigenvalue weighted by Gasteiger charge is 2.21. The van der Waals surface area contributed by atoms with E-state index in [1.54, 1.807) is 0 Å². The average molecular weight is 492 g/mol. The Balaban J connectivity index is 2.01. The maximum atomic E-state index is 6.59. The van der Waals surface area contributed by atoms with Gasteiger partial charge >= 0.3 is 0 Å². The first-order valence-electron chi connectivity index (χ1n) is 10.1. The molecule has 0 unspecified atom stereocenters. The fourth-order valence-corrected chi connectivity index (χ4v) is 6.26. The standard InChI is InChI=1S/C27H24BrClSi/c1-30(2,3)27-15-9-6-12-24(27)21-17-19(22-10-4-7-13-25(22)28)16-20(18-21)23-11-5-8-14-26(23)29/h4-18H,1-3H3. The SMILES string of the molecule is C[Si](C)(C)c1ccccc1-c1cc(-c2ccccc2Cl)cc(-c2ccccc2Br)c1. The minimum atomic E-state index is -1.51. The van der Waals surface area contributed by atoms with Gasteiger partial charge in [-0.05, 0) is 58.1 Å². The summed E-state index contributed by atoms with van der Waals surface area (Å²) >= 11 is 10.3. The summed E-state index contributed by atoms with van der Waals surface area (Å²) in [5.74, 6) is 0. The third-order valence-electron chi connectivity index (χ3n) is 5.35. The molecule has 0 aliphatic rings. The van der Waals surface area contributed by atoms with Crippen LogP contribution in [-0.4, -0.2) is 8.07 Å². The number of benzene rings is 4. The molecule has 0 nitrogen and oxygen atoms in total. The quantitative estimate of drug-likeness (QED) is 0.250. The van der Waals surface area contributed by atoms with Crippen molar-refractivity contribution < 1.29 is 0 Å². The van der Waals surface area contributed by atoms with Gasteiger partial charge in [0, 0.05) is 15.1 Å². The molecular weight excluding hydrogens is 468 g/mol. The van der Waals surface area contributed by atoms with E-state index in [0.29, 0.717) is 0 Å². The van der Waals surface area contributed by atoms with Crippen LogP contribution in [0.2, 0.25) is 24.7 Å². The molecule has 30 heavy (non-hydrogen) atoms. The number of hydrogen-bond acceptors (Lipinski definition) is 0. The van der Waals surface area contributed by atoms with E-state index in [2.05, 4.69) is 102 Å². The van der Waals surface area contributed by atoms with Crippen LogP contribution in [0, 0.1) is 0 Å². The first kappa shape index (κ1) is 21.1. The van der Waals surface area contributed by atoms with Crippen LogP contribution < -0.4 is 5.19 Å². The molecule has 0 spiro atoms. The van der Waals surface area contributed by atoms with Crippen molar-refractivity contribution >= 4 is 40.8 Å². The first-order valence-corrected chi connectivity index (χ1v) is 14.8. The second kappa shape index (κ2) is 8.54. The second-order valence-electron chi connectivity index (χ2n) is 8.55. The topological polar surface area (TPSA) is 0 Å². The number of halogens is 2. The summed E-state index contributed by atoms with van der Waals surface area (Å²) in [6.07, 6.45) is 0. The Bertz CT molecular complexity index is 1140. The first-order chi connectivity index (χ1) is 14.3. The smallest absolute Gasteiger partial charge is 0.0784 e. The van der Waals surface area contributed by atoms with Gasteiger partial charge in [-0.2, -0.15) is 0 Å². The molecule has 0 saturated heterocycles. The zero-order valence-electron chi connectivity index (χ0n) is 17.4. The van der Waals surface area contributed by atoms with Gasteiger partial charge < -0.3 is 0 Å². The molecule has 150 valence electrons. The van der Waals surface area contributed by atoms with Gasteiger partial charge in [-0.25, -0.2) is 0 Å². The summed E-state index contributed by atoms with van der Waals surface area (Å²) in [5.41, 5.74) is 7.10. The van der Waals surface area contributed by atoms with Crippen molar-refractivity contribution in [3.63, 3.8) is 0 Å². The predicted molar refractivity (Wildman–Crippen MR) is 138 cm³/mol. The zero-order valence-corrected chi connectivity index (χ0v) is 20.8. The molecule has 4 aromatic rings. The van der Waals surface area contributed by atoms with E-state index in [4.69, 9.17) is 11.6 Å². The second-order valence-corrected chi connectivity index (χ2v) is 14.9. The zero-order chi connectivity index (χ0) is 21.3. The number of rotatable bonds is 4. The normalized spacial score (nSPS) is 11.5. The van der Waals surface area contributed by atoms with E-state index in [1.165, 1.54) is 27.4 Å². The average Bonchev–Trinajstić information content (AvgIpc) is 2.73. The Labute approximate surface area is 193 Å². The Morgan fingerprint density at radius 2 is 1.07 bits per heavy atom. The monoisotopic (exact) mass is 490 g/mol. The molecule has 0 atom stereocenters. The van der Waals surface area contributed by atoms with Crippen molar-refractivity contribution in [3.8, 4) is 33.4 Å². The molecule has 4 rings (SSSR count). The third-order valence-corrected chi connectivity index (χ3v) is 8.42. The molecular formula is C27H24BrClSi. The van der Waals surface area contributed by atoms with Crippen molar-refractivity contribution in [3.05, 3.63) is 100 Å². The molecule has 4 aromatic carbocycles. The van der Waals surface area contributed by atoms with E-state index in [1.807, 2.05) is 24.3 Å². The molecule has 0 aromatic heterocycles. The molecule has 0 N–H and O–H groups in total. The molecule has 0 aliphatic heterocycles. The van der Waals surface area contributed by atoms with Gasteiger partial charge in [-0.15, -0.1) is 0 Å². The van der Waals surface area contributed by atoms with Crippen LogP contribution in [-0.2, 0) is 0 Å². The molecule has 0 bridgehead atoms. The molecule has 0 radical (unpaired) electrons. The third kappa shape index (κ3) is 4.32. The van der Waals surface area contributed by atoms with Gasteiger partial charge in [0.05, 0.1) is 8.07 Å². The van der Waals surface area contributed by atoms with Crippen molar-refractivity contribution in [2.24, 2.45) is 0 Å². The summed E-state index contributed by atoms with van der Waals surface area (Å²) in [6.45, 7) is 7.20. The maximum Gasteiger partial charge on any atom is 0.0784 e. The van der Waals surface area contributed by atoms with Gasteiger partial charge in [0.2, 0.25) is 0 Å². The molecule has 0 heterocycles. The molecule has 0 saturated carbocycles. The van der Waals surface area contributed by atoms with Gasteiger partial charge in [0.25, 0.3) is 0 Å². The van der Waals surface area contributed by atoms with Gasteiger partial charge in [0.15, 0.2) is 0 Å². The van der Waals surface area contributed by atoms with Crippen LogP contribution in [0.25, 0.3) is 33.4 Å².